The van der Waals surface area contributed by atoms with E-state index in [9.17, 15) is 13.2 Å². The quantitative estimate of drug-likeness (QED) is 0.606. The summed E-state index contributed by atoms with van der Waals surface area (Å²) < 4.78 is 25.6. The lowest BCUT2D eigenvalue weighted by molar-refractivity contribution is -0.124. The third-order valence-corrected chi connectivity index (χ3v) is 5.43. The molecule has 0 bridgehead atoms. The summed E-state index contributed by atoms with van der Waals surface area (Å²) in [6, 6.07) is -0.516. The first kappa shape index (κ1) is 20.6. The summed E-state index contributed by atoms with van der Waals surface area (Å²) in [6.45, 7) is 6.57. The van der Waals surface area contributed by atoms with Gasteiger partial charge in [-0.15, -0.1) is 12.4 Å². The van der Waals surface area contributed by atoms with Gasteiger partial charge < -0.3 is 10.6 Å². The zero-order chi connectivity index (χ0) is 15.0. The molecule has 1 atom stereocenters. The first-order chi connectivity index (χ1) is 9.53. The van der Waals surface area contributed by atoms with E-state index in [1.165, 1.54) is 4.31 Å². The Morgan fingerprint density at radius 3 is 2.52 bits per heavy atom. The van der Waals surface area contributed by atoms with Gasteiger partial charge in [-0.3, -0.25) is 4.79 Å². The molecule has 1 rings (SSSR count). The van der Waals surface area contributed by atoms with Gasteiger partial charge in [-0.1, -0.05) is 13.8 Å². The highest BCUT2D eigenvalue weighted by atomic mass is 35.5. The predicted octanol–water partition coefficient (Wildman–Crippen LogP) is 0.728. The first-order valence-corrected chi connectivity index (χ1v) is 9.11. The molecule has 0 radical (unpaired) electrons. The second-order valence-electron chi connectivity index (χ2n) is 5.13. The van der Waals surface area contributed by atoms with Crippen LogP contribution in [0.4, 0.5) is 0 Å². The summed E-state index contributed by atoms with van der Waals surface area (Å²) in [4.78, 5) is 12.1. The number of nitrogens with one attached hydrogen (secondary N) is 2. The lowest BCUT2D eigenvalue weighted by atomic mass is 10.2. The summed E-state index contributed by atoms with van der Waals surface area (Å²) in [5, 5.41) is 6.02. The molecule has 0 saturated carbocycles. The SMILES string of the molecule is CCCNCCNC(=O)C1CCCN1S(=O)(=O)CCC.Cl. The van der Waals surface area contributed by atoms with Crippen LogP contribution in [0.2, 0.25) is 0 Å². The summed E-state index contributed by atoms with van der Waals surface area (Å²) in [5.41, 5.74) is 0. The van der Waals surface area contributed by atoms with E-state index < -0.39 is 16.1 Å². The van der Waals surface area contributed by atoms with Gasteiger partial charge in [0.05, 0.1) is 5.75 Å². The molecule has 1 heterocycles. The van der Waals surface area contributed by atoms with E-state index in [4.69, 9.17) is 0 Å². The fourth-order valence-electron chi connectivity index (χ4n) is 2.40. The standard InChI is InChI=1S/C13H27N3O3S.ClH/c1-3-7-14-8-9-15-13(17)12-6-5-10-16(12)20(18,19)11-4-2;/h12,14H,3-11H2,1-2H3,(H,15,17);1H. The molecule has 0 aromatic carbocycles. The predicted molar refractivity (Wildman–Crippen MR) is 87.2 cm³/mol. The summed E-state index contributed by atoms with van der Waals surface area (Å²) in [5.74, 6) is -0.0463. The number of hydrogen-bond acceptors (Lipinski definition) is 4. The second kappa shape index (κ2) is 10.4. The van der Waals surface area contributed by atoms with E-state index in [0.717, 1.165) is 19.4 Å². The molecule has 1 amide bonds. The molecule has 1 saturated heterocycles. The summed E-state index contributed by atoms with van der Waals surface area (Å²) in [7, 11) is -3.29. The molecule has 6 nitrogen and oxygen atoms in total. The maximum atomic E-state index is 12.1. The second-order valence-corrected chi connectivity index (χ2v) is 7.17. The Morgan fingerprint density at radius 1 is 1.19 bits per heavy atom. The highest BCUT2D eigenvalue weighted by Gasteiger charge is 2.37. The van der Waals surface area contributed by atoms with E-state index in [1.807, 2.05) is 6.92 Å². The topological polar surface area (TPSA) is 78.5 Å². The molecule has 0 aromatic rings. The van der Waals surface area contributed by atoms with Crippen molar-refractivity contribution < 1.29 is 13.2 Å². The van der Waals surface area contributed by atoms with Gasteiger partial charge in [0.2, 0.25) is 15.9 Å². The fourth-order valence-corrected chi connectivity index (χ4v) is 4.15. The number of amides is 1. The Balaban J connectivity index is 0.00000400. The van der Waals surface area contributed by atoms with E-state index in [-0.39, 0.29) is 24.1 Å². The average Bonchev–Trinajstić information content (AvgIpc) is 2.88. The van der Waals surface area contributed by atoms with Crippen molar-refractivity contribution in [3.63, 3.8) is 0 Å². The lowest BCUT2D eigenvalue weighted by Gasteiger charge is -2.23. The van der Waals surface area contributed by atoms with Crippen molar-refractivity contribution in [2.24, 2.45) is 0 Å². The molecule has 2 N–H and O–H groups in total. The molecule has 0 aliphatic carbocycles. The van der Waals surface area contributed by atoms with Crippen molar-refractivity contribution >= 4 is 28.3 Å². The Labute approximate surface area is 134 Å². The van der Waals surface area contributed by atoms with Gasteiger partial charge >= 0.3 is 0 Å². The Bertz CT molecular complexity index is 403. The van der Waals surface area contributed by atoms with Crippen LogP contribution < -0.4 is 10.6 Å². The number of halogens is 1. The van der Waals surface area contributed by atoms with Gasteiger partial charge in [0.15, 0.2) is 0 Å². The van der Waals surface area contributed by atoms with E-state index in [2.05, 4.69) is 17.6 Å². The van der Waals surface area contributed by atoms with E-state index in [0.29, 0.717) is 32.5 Å². The van der Waals surface area contributed by atoms with Crippen LogP contribution in [0.25, 0.3) is 0 Å². The number of rotatable bonds is 9. The number of nitrogens with zero attached hydrogens (tertiary/aromatic N) is 1. The van der Waals surface area contributed by atoms with Crippen molar-refractivity contribution in [3.05, 3.63) is 0 Å². The number of hydrogen-bond donors (Lipinski definition) is 2. The fraction of sp³-hybridized carbons (Fsp3) is 0.923. The molecule has 1 aliphatic heterocycles. The van der Waals surface area contributed by atoms with Crippen LogP contribution in [0.15, 0.2) is 0 Å². The number of sulfonamides is 1. The largest absolute Gasteiger partial charge is 0.353 e. The Hall–Kier alpha value is -0.370. The first-order valence-electron chi connectivity index (χ1n) is 7.50. The van der Waals surface area contributed by atoms with Crippen molar-refractivity contribution in [2.45, 2.75) is 45.6 Å². The molecule has 1 fully saturated rings. The highest BCUT2D eigenvalue weighted by molar-refractivity contribution is 7.89. The van der Waals surface area contributed by atoms with Gasteiger partial charge in [0.25, 0.3) is 0 Å². The minimum Gasteiger partial charge on any atom is -0.353 e. The van der Waals surface area contributed by atoms with Crippen molar-refractivity contribution in [2.75, 3.05) is 31.9 Å². The van der Waals surface area contributed by atoms with E-state index in [1.54, 1.807) is 0 Å². The minimum atomic E-state index is -3.29. The van der Waals surface area contributed by atoms with Crippen LogP contribution in [-0.2, 0) is 14.8 Å². The van der Waals surface area contributed by atoms with Gasteiger partial charge in [-0.05, 0) is 32.2 Å². The Kier molecular flexibility index (Phi) is 10.2. The van der Waals surface area contributed by atoms with Gasteiger partial charge in [0.1, 0.15) is 6.04 Å². The van der Waals surface area contributed by atoms with Crippen LogP contribution in [0.1, 0.15) is 39.5 Å². The van der Waals surface area contributed by atoms with Crippen LogP contribution >= 0.6 is 12.4 Å². The van der Waals surface area contributed by atoms with Gasteiger partial charge in [-0.25, -0.2) is 8.42 Å². The third-order valence-electron chi connectivity index (χ3n) is 3.35. The third kappa shape index (κ3) is 6.50. The lowest BCUT2D eigenvalue weighted by Crippen LogP contribution is -2.47. The Morgan fingerprint density at radius 2 is 1.90 bits per heavy atom. The van der Waals surface area contributed by atoms with Gasteiger partial charge in [0, 0.05) is 19.6 Å². The smallest absolute Gasteiger partial charge is 0.238 e. The minimum absolute atomic E-state index is 0. The number of carbonyl (C=O) groups is 1. The molecule has 1 aliphatic rings. The number of carbonyl (C=O) groups excluding carboxylic acids is 1. The highest BCUT2D eigenvalue weighted by Crippen LogP contribution is 2.21. The van der Waals surface area contributed by atoms with E-state index >= 15 is 0 Å². The summed E-state index contributed by atoms with van der Waals surface area (Å²) >= 11 is 0. The maximum absolute atomic E-state index is 12.1. The molecule has 21 heavy (non-hydrogen) atoms. The zero-order valence-electron chi connectivity index (χ0n) is 12.9. The van der Waals surface area contributed by atoms with Crippen LogP contribution in [0.5, 0.6) is 0 Å². The molecule has 126 valence electrons. The summed E-state index contributed by atoms with van der Waals surface area (Å²) in [6.07, 6.45) is 3.01. The van der Waals surface area contributed by atoms with Crippen molar-refractivity contribution in [3.8, 4) is 0 Å². The molecule has 8 heteroatoms. The molecule has 0 spiro atoms. The maximum Gasteiger partial charge on any atom is 0.238 e. The van der Waals surface area contributed by atoms with Crippen LogP contribution in [-0.4, -0.2) is 56.6 Å². The molecule has 1 unspecified atom stereocenters. The van der Waals surface area contributed by atoms with Crippen LogP contribution in [0, 0.1) is 0 Å². The monoisotopic (exact) mass is 341 g/mol. The normalized spacial score (nSPS) is 19.2. The molecule has 0 aromatic heterocycles. The zero-order valence-corrected chi connectivity index (χ0v) is 14.6. The average molecular weight is 342 g/mol. The van der Waals surface area contributed by atoms with Crippen LogP contribution in [0.3, 0.4) is 0 Å². The van der Waals surface area contributed by atoms with Gasteiger partial charge in [-0.2, -0.15) is 4.31 Å². The molecular formula is C13H28ClN3O3S. The van der Waals surface area contributed by atoms with Crippen molar-refractivity contribution in [1.29, 1.82) is 0 Å². The van der Waals surface area contributed by atoms with Crippen molar-refractivity contribution in [1.82, 2.24) is 14.9 Å². The molecular weight excluding hydrogens is 314 g/mol.